The van der Waals surface area contributed by atoms with Crippen molar-refractivity contribution in [2.75, 3.05) is 44.8 Å². The number of hydrogen-bond acceptors (Lipinski definition) is 7. The van der Waals surface area contributed by atoms with Gasteiger partial charge in [-0.05, 0) is 36.8 Å². The molecule has 0 aliphatic carbocycles. The van der Waals surface area contributed by atoms with E-state index in [-0.39, 0.29) is 6.61 Å². The number of piperazine rings is 1. The molecular formula is C24H27FN4O4. The van der Waals surface area contributed by atoms with Crippen LogP contribution in [0.5, 0.6) is 5.75 Å². The van der Waals surface area contributed by atoms with Gasteiger partial charge in [0.1, 0.15) is 17.6 Å². The summed E-state index contributed by atoms with van der Waals surface area (Å²) in [6.45, 7) is 4.56. The van der Waals surface area contributed by atoms with Crippen molar-refractivity contribution in [3.05, 3.63) is 59.9 Å². The van der Waals surface area contributed by atoms with E-state index in [1.807, 2.05) is 29.2 Å². The highest BCUT2D eigenvalue weighted by atomic mass is 19.1. The Morgan fingerprint density at radius 3 is 2.48 bits per heavy atom. The van der Waals surface area contributed by atoms with Gasteiger partial charge in [-0.15, -0.1) is 0 Å². The van der Waals surface area contributed by atoms with E-state index in [4.69, 9.17) is 14.5 Å². The summed E-state index contributed by atoms with van der Waals surface area (Å²) in [5, 5.41) is 2.78. The Balaban J connectivity index is 1.54. The number of carbonyl (C=O) groups is 2. The molecule has 2 unspecified atom stereocenters. The fraction of sp³-hybridized carbons (Fsp3) is 0.375. The summed E-state index contributed by atoms with van der Waals surface area (Å²) >= 11 is 0. The highest BCUT2D eigenvalue weighted by Crippen LogP contribution is 2.31. The highest BCUT2D eigenvalue weighted by molar-refractivity contribution is 6.08. The first-order valence-electron chi connectivity index (χ1n) is 10.9. The van der Waals surface area contributed by atoms with Crippen molar-refractivity contribution in [1.82, 2.24) is 10.2 Å². The number of esters is 1. The van der Waals surface area contributed by atoms with Gasteiger partial charge in [0, 0.05) is 37.9 Å². The summed E-state index contributed by atoms with van der Waals surface area (Å²) in [5.41, 5.74) is 1.65. The van der Waals surface area contributed by atoms with Crippen molar-refractivity contribution in [1.29, 1.82) is 0 Å². The first kappa shape index (κ1) is 22.6. The SMILES string of the molecule is CCOC(=O)C1C(=O)NC(N2CCN(c3cccc(OC)c3)CC2)=NC1c1ccc(F)cc1. The average molecular weight is 455 g/mol. The Morgan fingerprint density at radius 1 is 1.12 bits per heavy atom. The number of nitrogens with zero attached hydrogens (tertiary/aromatic N) is 3. The molecule has 1 amide bonds. The van der Waals surface area contributed by atoms with Crippen LogP contribution in [0, 0.1) is 11.7 Å². The predicted molar refractivity (Wildman–Crippen MR) is 122 cm³/mol. The summed E-state index contributed by atoms with van der Waals surface area (Å²) < 4.78 is 23.9. The molecule has 2 aliphatic rings. The third-order valence-corrected chi connectivity index (χ3v) is 5.84. The maximum atomic E-state index is 13.5. The number of amides is 1. The molecule has 2 aliphatic heterocycles. The van der Waals surface area contributed by atoms with E-state index in [9.17, 15) is 14.0 Å². The monoisotopic (exact) mass is 454 g/mol. The lowest BCUT2D eigenvalue weighted by Crippen LogP contribution is -2.57. The lowest BCUT2D eigenvalue weighted by atomic mass is 9.91. The largest absolute Gasteiger partial charge is 0.497 e. The number of anilines is 1. The molecule has 0 aromatic heterocycles. The molecule has 1 fully saturated rings. The number of carbonyl (C=O) groups excluding carboxylic acids is 2. The van der Waals surface area contributed by atoms with Crippen LogP contribution in [0.4, 0.5) is 10.1 Å². The van der Waals surface area contributed by atoms with Crippen LogP contribution in [-0.4, -0.2) is 62.6 Å². The normalized spacial score (nSPS) is 20.7. The van der Waals surface area contributed by atoms with Gasteiger partial charge in [0.15, 0.2) is 5.92 Å². The second-order valence-corrected chi connectivity index (χ2v) is 7.84. The topological polar surface area (TPSA) is 83.5 Å². The molecule has 1 saturated heterocycles. The fourth-order valence-electron chi connectivity index (χ4n) is 4.11. The Bertz CT molecular complexity index is 1040. The number of guanidine groups is 1. The molecule has 0 bridgehead atoms. The minimum Gasteiger partial charge on any atom is -0.497 e. The molecule has 2 atom stereocenters. The maximum Gasteiger partial charge on any atom is 0.321 e. The molecule has 0 spiro atoms. The number of methoxy groups -OCH3 is 1. The summed E-state index contributed by atoms with van der Waals surface area (Å²) in [6.07, 6.45) is 0. The number of benzene rings is 2. The minimum absolute atomic E-state index is 0.154. The van der Waals surface area contributed by atoms with Crippen LogP contribution in [-0.2, 0) is 14.3 Å². The van der Waals surface area contributed by atoms with Gasteiger partial charge < -0.3 is 19.3 Å². The zero-order valence-electron chi connectivity index (χ0n) is 18.7. The van der Waals surface area contributed by atoms with Gasteiger partial charge in [-0.3, -0.25) is 14.9 Å². The van der Waals surface area contributed by atoms with E-state index in [0.717, 1.165) is 24.5 Å². The van der Waals surface area contributed by atoms with E-state index in [1.54, 1.807) is 26.2 Å². The summed E-state index contributed by atoms with van der Waals surface area (Å²) in [7, 11) is 1.64. The van der Waals surface area contributed by atoms with Crippen LogP contribution >= 0.6 is 0 Å². The molecular weight excluding hydrogens is 427 g/mol. The maximum absolute atomic E-state index is 13.5. The second kappa shape index (κ2) is 9.89. The number of ether oxygens (including phenoxy) is 2. The Hall–Kier alpha value is -3.62. The molecule has 1 N–H and O–H groups in total. The number of aliphatic imine (C=N–C) groups is 1. The van der Waals surface area contributed by atoms with Gasteiger partial charge in [0.2, 0.25) is 11.9 Å². The minimum atomic E-state index is -1.13. The van der Waals surface area contributed by atoms with Crippen molar-refractivity contribution in [2.24, 2.45) is 10.9 Å². The lowest BCUT2D eigenvalue weighted by molar-refractivity contribution is -0.153. The quantitative estimate of drug-likeness (QED) is 0.552. The van der Waals surface area contributed by atoms with E-state index in [2.05, 4.69) is 10.2 Å². The number of nitrogens with one attached hydrogen (secondary N) is 1. The van der Waals surface area contributed by atoms with Crippen LogP contribution in [0.25, 0.3) is 0 Å². The molecule has 9 heteroatoms. The van der Waals surface area contributed by atoms with Crippen molar-refractivity contribution in [3.8, 4) is 5.75 Å². The molecule has 2 aromatic rings. The van der Waals surface area contributed by atoms with Crippen LogP contribution in [0.1, 0.15) is 18.5 Å². The third kappa shape index (κ3) is 4.92. The van der Waals surface area contributed by atoms with Crippen molar-refractivity contribution in [3.63, 3.8) is 0 Å². The molecule has 0 radical (unpaired) electrons. The van der Waals surface area contributed by atoms with Crippen molar-refractivity contribution in [2.45, 2.75) is 13.0 Å². The first-order chi connectivity index (χ1) is 16.0. The fourth-order valence-corrected chi connectivity index (χ4v) is 4.11. The highest BCUT2D eigenvalue weighted by Gasteiger charge is 2.42. The van der Waals surface area contributed by atoms with Gasteiger partial charge in [-0.1, -0.05) is 18.2 Å². The van der Waals surface area contributed by atoms with Gasteiger partial charge in [-0.25, -0.2) is 9.38 Å². The van der Waals surface area contributed by atoms with Gasteiger partial charge >= 0.3 is 5.97 Å². The molecule has 2 heterocycles. The molecule has 2 aromatic carbocycles. The smallest absolute Gasteiger partial charge is 0.321 e. The average Bonchev–Trinajstić information content (AvgIpc) is 2.84. The van der Waals surface area contributed by atoms with Crippen LogP contribution in [0.3, 0.4) is 0 Å². The third-order valence-electron chi connectivity index (χ3n) is 5.84. The van der Waals surface area contributed by atoms with E-state index >= 15 is 0 Å². The van der Waals surface area contributed by atoms with Gasteiger partial charge in [0.25, 0.3) is 0 Å². The Kier molecular flexibility index (Phi) is 6.76. The molecule has 33 heavy (non-hydrogen) atoms. The lowest BCUT2D eigenvalue weighted by Gasteiger charge is -2.39. The van der Waals surface area contributed by atoms with Gasteiger partial charge in [-0.2, -0.15) is 0 Å². The molecule has 174 valence electrons. The number of halogens is 1. The number of hydrogen-bond donors (Lipinski definition) is 1. The van der Waals surface area contributed by atoms with E-state index in [1.165, 1.54) is 12.1 Å². The summed E-state index contributed by atoms with van der Waals surface area (Å²) in [5.74, 6) is -1.43. The molecule has 0 saturated carbocycles. The van der Waals surface area contributed by atoms with E-state index < -0.39 is 29.7 Å². The van der Waals surface area contributed by atoms with Crippen LogP contribution in [0.2, 0.25) is 0 Å². The molecule has 8 nitrogen and oxygen atoms in total. The Morgan fingerprint density at radius 2 is 1.82 bits per heavy atom. The number of rotatable bonds is 5. The molecule has 4 rings (SSSR count). The predicted octanol–water partition coefficient (Wildman–Crippen LogP) is 2.36. The van der Waals surface area contributed by atoms with Crippen molar-refractivity contribution >= 4 is 23.5 Å². The zero-order chi connectivity index (χ0) is 23.4. The van der Waals surface area contributed by atoms with E-state index in [0.29, 0.717) is 24.6 Å². The Labute approximate surface area is 192 Å². The van der Waals surface area contributed by atoms with Crippen LogP contribution in [0.15, 0.2) is 53.5 Å². The second-order valence-electron chi connectivity index (χ2n) is 7.84. The van der Waals surface area contributed by atoms with Crippen LogP contribution < -0.4 is 15.0 Å². The first-order valence-corrected chi connectivity index (χ1v) is 10.9. The van der Waals surface area contributed by atoms with Crippen molar-refractivity contribution < 1.29 is 23.5 Å². The summed E-state index contributed by atoms with van der Waals surface area (Å²) in [4.78, 5) is 34.4. The zero-order valence-corrected chi connectivity index (χ0v) is 18.7. The van der Waals surface area contributed by atoms with Gasteiger partial charge in [0.05, 0.1) is 13.7 Å². The summed E-state index contributed by atoms with van der Waals surface area (Å²) in [6, 6.07) is 12.8. The standard InChI is InChI=1S/C24H27FN4O4/c1-3-33-23(31)20-21(16-7-9-17(25)10-8-16)26-24(27-22(20)30)29-13-11-28(12-14-29)18-5-4-6-19(15-18)32-2/h4-10,15,20-21H,3,11-14H2,1-2H3,(H,26,27,30).